The van der Waals surface area contributed by atoms with Gasteiger partial charge in [0.05, 0.1) is 25.9 Å². The van der Waals surface area contributed by atoms with Gasteiger partial charge in [-0.05, 0) is 24.1 Å². The van der Waals surface area contributed by atoms with Crippen LogP contribution in [0.25, 0.3) is 0 Å². The van der Waals surface area contributed by atoms with Gasteiger partial charge in [0.2, 0.25) is 0 Å². The SMILES string of the molecule is CN=C(NCCCOc1ccccc1)NCC(c1ccccc1)N1CCOCC1.I. The Morgan fingerprint density at radius 3 is 2.37 bits per heavy atom. The number of para-hydroxylation sites is 1. The highest BCUT2D eigenvalue weighted by atomic mass is 127. The largest absolute Gasteiger partial charge is 0.494 e. The maximum atomic E-state index is 5.74. The smallest absolute Gasteiger partial charge is 0.191 e. The Balaban J connectivity index is 0.00000320. The summed E-state index contributed by atoms with van der Waals surface area (Å²) in [5.74, 6) is 1.73. The van der Waals surface area contributed by atoms with Crippen molar-refractivity contribution in [1.82, 2.24) is 15.5 Å². The molecule has 1 fully saturated rings. The number of benzene rings is 2. The molecule has 0 radical (unpaired) electrons. The van der Waals surface area contributed by atoms with E-state index in [0.29, 0.717) is 12.6 Å². The van der Waals surface area contributed by atoms with Crippen molar-refractivity contribution in [2.75, 3.05) is 53.0 Å². The molecule has 3 rings (SSSR count). The second kappa shape index (κ2) is 14.2. The number of rotatable bonds is 9. The highest BCUT2D eigenvalue weighted by Crippen LogP contribution is 2.21. The Morgan fingerprint density at radius 2 is 1.70 bits per heavy atom. The molecule has 1 unspecified atom stereocenters. The van der Waals surface area contributed by atoms with Crippen molar-refractivity contribution in [2.24, 2.45) is 4.99 Å². The van der Waals surface area contributed by atoms with Crippen molar-refractivity contribution in [3.63, 3.8) is 0 Å². The van der Waals surface area contributed by atoms with Crippen molar-refractivity contribution >= 4 is 29.9 Å². The lowest BCUT2D eigenvalue weighted by molar-refractivity contribution is 0.0170. The molecule has 0 aliphatic carbocycles. The van der Waals surface area contributed by atoms with Crippen molar-refractivity contribution in [3.8, 4) is 5.75 Å². The summed E-state index contributed by atoms with van der Waals surface area (Å²) in [6.07, 6.45) is 0.904. The van der Waals surface area contributed by atoms with E-state index in [0.717, 1.165) is 57.5 Å². The number of guanidine groups is 1. The molecule has 2 aromatic carbocycles. The summed E-state index contributed by atoms with van der Waals surface area (Å²) in [6, 6.07) is 20.8. The summed E-state index contributed by atoms with van der Waals surface area (Å²) in [4.78, 5) is 6.84. The zero-order valence-electron chi connectivity index (χ0n) is 17.6. The topological polar surface area (TPSA) is 58.1 Å². The molecule has 1 heterocycles. The molecule has 164 valence electrons. The van der Waals surface area contributed by atoms with Crippen LogP contribution in [0.5, 0.6) is 5.75 Å². The van der Waals surface area contributed by atoms with Crippen LogP contribution in [0.15, 0.2) is 65.7 Å². The fourth-order valence-electron chi connectivity index (χ4n) is 3.42. The maximum Gasteiger partial charge on any atom is 0.191 e. The monoisotopic (exact) mass is 524 g/mol. The van der Waals surface area contributed by atoms with Crippen molar-refractivity contribution in [1.29, 1.82) is 0 Å². The molecule has 0 saturated carbocycles. The van der Waals surface area contributed by atoms with Crippen LogP contribution in [0.3, 0.4) is 0 Å². The molecule has 0 bridgehead atoms. The summed E-state index contributed by atoms with van der Waals surface area (Å²) < 4.78 is 11.3. The number of hydrogen-bond acceptors (Lipinski definition) is 4. The molecule has 1 aliphatic heterocycles. The van der Waals surface area contributed by atoms with E-state index in [1.54, 1.807) is 0 Å². The van der Waals surface area contributed by atoms with Gasteiger partial charge in [-0.3, -0.25) is 9.89 Å². The standard InChI is InChI=1S/C23H32N4O2.HI/c1-24-23(25-13-8-16-29-21-11-6-3-7-12-21)26-19-22(20-9-4-2-5-10-20)27-14-17-28-18-15-27;/h2-7,9-12,22H,8,13-19H2,1H3,(H2,24,25,26);1H. The van der Waals surface area contributed by atoms with Gasteiger partial charge in [-0.15, -0.1) is 24.0 Å². The quantitative estimate of drug-likeness (QED) is 0.228. The van der Waals surface area contributed by atoms with Gasteiger partial charge in [-0.25, -0.2) is 0 Å². The van der Waals surface area contributed by atoms with E-state index in [2.05, 4.69) is 50.9 Å². The lowest BCUT2D eigenvalue weighted by Gasteiger charge is -2.35. The first-order valence-electron chi connectivity index (χ1n) is 10.4. The van der Waals surface area contributed by atoms with E-state index in [-0.39, 0.29) is 24.0 Å². The van der Waals surface area contributed by atoms with Gasteiger partial charge in [0.1, 0.15) is 5.75 Å². The minimum absolute atomic E-state index is 0. The van der Waals surface area contributed by atoms with E-state index in [9.17, 15) is 0 Å². The predicted octanol–water partition coefficient (Wildman–Crippen LogP) is 3.31. The first-order valence-corrected chi connectivity index (χ1v) is 10.4. The van der Waals surface area contributed by atoms with Gasteiger partial charge in [-0.2, -0.15) is 0 Å². The number of morpholine rings is 1. The second-order valence-electron chi connectivity index (χ2n) is 6.97. The molecular formula is C23H33IN4O2. The molecular weight excluding hydrogens is 491 g/mol. The van der Waals surface area contributed by atoms with Crippen molar-refractivity contribution in [3.05, 3.63) is 66.2 Å². The fourth-order valence-corrected chi connectivity index (χ4v) is 3.42. The molecule has 1 atom stereocenters. The third-order valence-corrected chi connectivity index (χ3v) is 4.98. The number of nitrogens with zero attached hydrogens (tertiary/aromatic N) is 2. The molecule has 1 saturated heterocycles. The molecule has 6 nitrogen and oxygen atoms in total. The highest BCUT2D eigenvalue weighted by Gasteiger charge is 2.22. The fraction of sp³-hybridized carbons (Fsp3) is 0.435. The van der Waals surface area contributed by atoms with Crippen LogP contribution in [0.1, 0.15) is 18.0 Å². The summed E-state index contributed by atoms with van der Waals surface area (Å²) in [5.41, 5.74) is 1.31. The Kier molecular flexibility index (Phi) is 11.6. The molecule has 2 N–H and O–H groups in total. The Bertz CT molecular complexity index is 724. The summed E-state index contributed by atoms with van der Waals surface area (Å²) >= 11 is 0. The number of nitrogens with one attached hydrogen (secondary N) is 2. The Hall–Kier alpha value is -1.84. The van der Waals surface area contributed by atoms with Crippen molar-refractivity contribution < 1.29 is 9.47 Å². The van der Waals surface area contributed by atoms with Crippen LogP contribution in [0.4, 0.5) is 0 Å². The zero-order valence-corrected chi connectivity index (χ0v) is 20.0. The molecule has 2 aromatic rings. The van der Waals surface area contributed by atoms with E-state index >= 15 is 0 Å². The van der Waals surface area contributed by atoms with Gasteiger partial charge in [0.15, 0.2) is 5.96 Å². The zero-order chi connectivity index (χ0) is 20.2. The Labute approximate surface area is 197 Å². The third kappa shape index (κ3) is 8.12. The minimum atomic E-state index is 0. The molecule has 0 spiro atoms. The van der Waals surface area contributed by atoms with Crippen LogP contribution in [0, 0.1) is 0 Å². The van der Waals surface area contributed by atoms with Crippen LogP contribution >= 0.6 is 24.0 Å². The summed E-state index contributed by atoms with van der Waals surface area (Å²) in [5, 5.41) is 6.87. The van der Waals surface area contributed by atoms with Crippen LogP contribution in [-0.2, 0) is 4.74 Å². The second-order valence-corrected chi connectivity index (χ2v) is 6.97. The molecule has 0 aromatic heterocycles. The average Bonchev–Trinajstić information content (AvgIpc) is 2.80. The first kappa shape index (κ1) is 24.4. The maximum absolute atomic E-state index is 5.74. The van der Waals surface area contributed by atoms with Crippen LogP contribution < -0.4 is 15.4 Å². The molecule has 30 heavy (non-hydrogen) atoms. The normalized spacial score (nSPS) is 15.7. The first-order chi connectivity index (χ1) is 14.4. The Morgan fingerprint density at radius 1 is 1.03 bits per heavy atom. The van der Waals surface area contributed by atoms with Gasteiger partial charge in [-0.1, -0.05) is 48.5 Å². The highest BCUT2D eigenvalue weighted by molar-refractivity contribution is 14.0. The van der Waals surface area contributed by atoms with E-state index in [4.69, 9.17) is 9.47 Å². The van der Waals surface area contributed by atoms with Gasteiger partial charge in [0, 0.05) is 33.2 Å². The average molecular weight is 524 g/mol. The molecule has 0 amide bonds. The number of ether oxygens (including phenoxy) is 2. The van der Waals surface area contributed by atoms with Crippen LogP contribution in [0.2, 0.25) is 0 Å². The third-order valence-electron chi connectivity index (χ3n) is 4.98. The predicted molar refractivity (Wildman–Crippen MR) is 133 cm³/mol. The number of halogens is 1. The number of hydrogen-bond donors (Lipinski definition) is 2. The number of aliphatic imine (C=N–C) groups is 1. The molecule has 7 heteroatoms. The van der Waals surface area contributed by atoms with E-state index in [1.807, 2.05) is 37.4 Å². The van der Waals surface area contributed by atoms with Gasteiger partial charge >= 0.3 is 0 Å². The lowest BCUT2D eigenvalue weighted by atomic mass is 10.0. The van der Waals surface area contributed by atoms with E-state index < -0.39 is 0 Å². The summed E-state index contributed by atoms with van der Waals surface area (Å²) in [6.45, 7) is 5.75. The lowest BCUT2D eigenvalue weighted by Crippen LogP contribution is -2.46. The summed E-state index contributed by atoms with van der Waals surface area (Å²) in [7, 11) is 1.81. The van der Waals surface area contributed by atoms with E-state index in [1.165, 1.54) is 5.56 Å². The minimum Gasteiger partial charge on any atom is -0.494 e. The van der Waals surface area contributed by atoms with Gasteiger partial charge in [0.25, 0.3) is 0 Å². The molecule has 1 aliphatic rings. The van der Waals surface area contributed by atoms with Crippen LogP contribution in [-0.4, -0.2) is 63.9 Å². The van der Waals surface area contributed by atoms with Crippen molar-refractivity contribution in [2.45, 2.75) is 12.5 Å². The van der Waals surface area contributed by atoms with Gasteiger partial charge < -0.3 is 20.1 Å².